The van der Waals surface area contributed by atoms with Gasteiger partial charge >= 0.3 is 0 Å². The molecule has 1 aromatic rings. The number of rotatable bonds is 5. The summed E-state index contributed by atoms with van der Waals surface area (Å²) in [4.78, 5) is 13.9. The Bertz CT molecular complexity index is 436. The van der Waals surface area contributed by atoms with Gasteiger partial charge < -0.3 is 5.32 Å². The Labute approximate surface area is 119 Å². The van der Waals surface area contributed by atoms with Gasteiger partial charge in [-0.15, -0.1) is 0 Å². The molecule has 0 aliphatic carbocycles. The topological polar surface area (TPSA) is 32.3 Å². The van der Waals surface area contributed by atoms with Gasteiger partial charge in [0.1, 0.15) is 0 Å². The first-order chi connectivity index (χ1) is 9.20. The fraction of sp³-hybridized carbons (Fsp3) is 0.533. The van der Waals surface area contributed by atoms with E-state index in [2.05, 4.69) is 41.4 Å². The van der Waals surface area contributed by atoms with Crippen molar-refractivity contribution in [1.82, 2.24) is 10.2 Å². The van der Waals surface area contributed by atoms with Crippen molar-refractivity contribution in [1.29, 1.82) is 0 Å². The van der Waals surface area contributed by atoms with Crippen molar-refractivity contribution >= 4 is 17.7 Å². The number of hydrogen-bond donors (Lipinski definition) is 1. The van der Waals surface area contributed by atoms with Gasteiger partial charge in [-0.1, -0.05) is 24.3 Å². The van der Waals surface area contributed by atoms with E-state index in [1.165, 1.54) is 11.1 Å². The van der Waals surface area contributed by atoms with Gasteiger partial charge in [0.2, 0.25) is 5.91 Å². The Morgan fingerprint density at radius 1 is 1.42 bits per heavy atom. The van der Waals surface area contributed by atoms with E-state index in [1.807, 2.05) is 6.26 Å². The van der Waals surface area contributed by atoms with Gasteiger partial charge in [-0.3, -0.25) is 9.69 Å². The number of carbonyl (C=O) groups is 1. The number of carbonyl (C=O) groups excluding carboxylic acids is 1. The maximum absolute atomic E-state index is 11.5. The Morgan fingerprint density at radius 2 is 2.16 bits per heavy atom. The molecule has 0 saturated carbocycles. The van der Waals surface area contributed by atoms with Gasteiger partial charge in [-0.25, -0.2) is 0 Å². The Hall–Kier alpha value is -1.00. The molecule has 0 radical (unpaired) electrons. The van der Waals surface area contributed by atoms with Gasteiger partial charge in [0.05, 0.1) is 5.75 Å². The summed E-state index contributed by atoms with van der Waals surface area (Å²) in [6.45, 7) is 5.00. The second-order valence-corrected chi connectivity index (χ2v) is 5.94. The molecular weight excluding hydrogens is 256 g/mol. The standard InChI is InChI=1S/C15H22N2OS/c1-12(9-16-15(18)11-19-2)17-8-7-13-5-3-4-6-14(13)10-17/h3-6,12H,7-11H2,1-2H3,(H,16,18). The van der Waals surface area contributed by atoms with E-state index >= 15 is 0 Å². The van der Waals surface area contributed by atoms with E-state index in [-0.39, 0.29) is 5.91 Å². The number of fused-ring (bicyclic) bond motifs is 1. The lowest BCUT2D eigenvalue weighted by Crippen LogP contribution is -2.44. The number of hydrogen-bond acceptors (Lipinski definition) is 3. The van der Waals surface area contributed by atoms with Crippen LogP contribution in [0.4, 0.5) is 0 Å². The van der Waals surface area contributed by atoms with Crippen LogP contribution in [0, 0.1) is 0 Å². The van der Waals surface area contributed by atoms with Crippen molar-refractivity contribution in [3.63, 3.8) is 0 Å². The number of nitrogens with zero attached hydrogens (tertiary/aromatic N) is 1. The quantitative estimate of drug-likeness (QED) is 0.893. The minimum atomic E-state index is 0.136. The smallest absolute Gasteiger partial charge is 0.230 e. The highest BCUT2D eigenvalue weighted by atomic mass is 32.2. The first-order valence-electron chi connectivity index (χ1n) is 6.77. The summed E-state index contributed by atoms with van der Waals surface area (Å²) in [6, 6.07) is 9.03. The SMILES string of the molecule is CSCC(=O)NCC(C)N1CCc2ccccc2C1. The molecule has 1 amide bonds. The average molecular weight is 278 g/mol. The van der Waals surface area contributed by atoms with Crippen LogP contribution in [0.15, 0.2) is 24.3 Å². The molecule has 0 aromatic heterocycles. The highest BCUT2D eigenvalue weighted by molar-refractivity contribution is 7.99. The Balaban J connectivity index is 1.85. The number of thioether (sulfide) groups is 1. The van der Waals surface area contributed by atoms with Crippen molar-refractivity contribution in [2.75, 3.05) is 25.1 Å². The fourth-order valence-electron chi connectivity index (χ4n) is 2.47. The molecule has 19 heavy (non-hydrogen) atoms. The fourth-order valence-corrected chi connectivity index (χ4v) is 2.83. The molecule has 1 N–H and O–H groups in total. The molecule has 1 aromatic carbocycles. The van der Waals surface area contributed by atoms with Gasteiger partial charge in [0.15, 0.2) is 0 Å². The van der Waals surface area contributed by atoms with Crippen LogP contribution in [0.2, 0.25) is 0 Å². The van der Waals surface area contributed by atoms with Crippen molar-refractivity contribution in [2.24, 2.45) is 0 Å². The van der Waals surface area contributed by atoms with Gasteiger partial charge in [-0.2, -0.15) is 11.8 Å². The zero-order valence-corrected chi connectivity index (χ0v) is 12.5. The van der Waals surface area contributed by atoms with Crippen LogP contribution in [-0.4, -0.2) is 41.9 Å². The summed E-state index contributed by atoms with van der Waals surface area (Å²) in [5, 5.41) is 3.00. The van der Waals surface area contributed by atoms with E-state index in [9.17, 15) is 4.79 Å². The minimum absolute atomic E-state index is 0.136. The summed E-state index contributed by atoms with van der Waals surface area (Å²) < 4.78 is 0. The summed E-state index contributed by atoms with van der Waals surface area (Å²) in [5.41, 5.74) is 2.90. The van der Waals surface area contributed by atoms with E-state index in [1.54, 1.807) is 11.8 Å². The van der Waals surface area contributed by atoms with Crippen LogP contribution in [0.25, 0.3) is 0 Å². The van der Waals surface area contributed by atoms with Crippen LogP contribution in [0.3, 0.4) is 0 Å². The molecule has 1 unspecified atom stereocenters. The maximum Gasteiger partial charge on any atom is 0.230 e. The third-order valence-electron chi connectivity index (χ3n) is 3.65. The molecule has 1 aliphatic heterocycles. The van der Waals surface area contributed by atoms with Crippen molar-refractivity contribution < 1.29 is 4.79 Å². The zero-order chi connectivity index (χ0) is 13.7. The maximum atomic E-state index is 11.5. The second kappa shape index (κ2) is 6.96. The highest BCUT2D eigenvalue weighted by Gasteiger charge is 2.20. The summed E-state index contributed by atoms with van der Waals surface area (Å²) in [6.07, 6.45) is 3.06. The zero-order valence-electron chi connectivity index (χ0n) is 11.7. The third kappa shape index (κ3) is 3.98. The second-order valence-electron chi connectivity index (χ2n) is 5.08. The van der Waals surface area contributed by atoms with Crippen molar-refractivity contribution in [3.05, 3.63) is 35.4 Å². The molecule has 4 heteroatoms. The van der Waals surface area contributed by atoms with Crippen molar-refractivity contribution in [2.45, 2.75) is 25.9 Å². The molecule has 0 spiro atoms. The van der Waals surface area contributed by atoms with Crippen LogP contribution in [-0.2, 0) is 17.8 Å². The Morgan fingerprint density at radius 3 is 2.89 bits per heavy atom. The highest BCUT2D eigenvalue weighted by Crippen LogP contribution is 2.19. The van der Waals surface area contributed by atoms with E-state index in [0.29, 0.717) is 11.8 Å². The molecule has 1 aliphatic rings. The van der Waals surface area contributed by atoms with Crippen LogP contribution < -0.4 is 5.32 Å². The first-order valence-corrected chi connectivity index (χ1v) is 8.16. The normalized spacial score (nSPS) is 16.7. The monoisotopic (exact) mass is 278 g/mol. The molecule has 0 fully saturated rings. The number of benzene rings is 1. The van der Waals surface area contributed by atoms with Gasteiger partial charge in [0, 0.05) is 25.7 Å². The summed E-state index contributed by atoms with van der Waals surface area (Å²) in [7, 11) is 0. The molecule has 2 rings (SSSR count). The van der Waals surface area contributed by atoms with E-state index in [4.69, 9.17) is 0 Å². The average Bonchev–Trinajstić information content (AvgIpc) is 2.44. The number of nitrogens with one attached hydrogen (secondary N) is 1. The molecule has 0 bridgehead atoms. The third-order valence-corrected chi connectivity index (χ3v) is 4.20. The molecule has 1 heterocycles. The van der Waals surface area contributed by atoms with E-state index < -0.39 is 0 Å². The molecule has 0 saturated heterocycles. The molecular formula is C15H22N2OS. The van der Waals surface area contributed by atoms with Crippen molar-refractivity contribution in [3.8, 4) is 0 Å². The minimum Gasteiger partial charge on any atom is -0.354 e. The molecule has 104 valence electrons. The summed E-state index contributed by atoms with van der Waals surface area (Å²) in [5.74, 6) is 0.687. The predicted molar refractivity (Wildman–Crippen MR) is 81.4 cm³/mol. The van der Waals surface area contributed by atoms with Crippen LogP contribution in [0.5, 0.6) is 0 Å². The predicted octanol–water partition coefficient (Wildman–Crippen LogP) is 1.91. The van der Waals surface area contributed by atoms with Gasteiger partial charge in [0.25, 0.3) is 0 Å². The van der Waals surface area contributed by atoms with Gasteiger partial charge in [-0.05, 0) is 30.7 Å². The Kier molecular flexibility index (Phi) is 5.28. The van der Waals surface area contributed by atoms with E-state index in [0.717, 1.165) is 26.1 Å². The lowest BCUT2D eigenvalue weighted by atomic mass is 9.99. The lowest BCUT2D eigenvalue weighted by molar-refractivity contribution is -0.118. The first kappa shape index (κ1) is 14.4. The summed E-state index contributed by atoms with van der Waals surface area (Å²) >= 11 is 1.56. The molecule has 1 atom stereocenters. The van der Waals surface area contributed by atoms with Crippen LogP contribution in [0.1, 0.15) is 18.1 Å². The molecule has 3 nitrogen and oxygen atoms in total. The van der Waals surface area contributed by atoms with Crippen LogP contribution >= 0.6 is 11.8 Å². The number of amides is 1. The largest absolute Gasteiger partial charge is 0.354 e. The lowest BCUT2D eigenvalue weighted by Gasteiger charge is -2.33.